The lowest BCUT2D eigenvalue weighted by atomic mass is 10.1. The third-order valence-corrected chi connectivity index (χ3v) is 3.15. The minimum atomic E-state index is -0.201. The molecule has 0 aliphatic carbocycles. The molecule has 1 amide bonds. The third kappa shape index (κ3) is 3.15. The van der Waals surface area contributed by atoms with Crippen molar-refractivity contribution in [3.8, 4) is 0 Å². The lowest BCUT2D eigenvalue weighted by Crippen LogP contribution is -2.26. The van der Waals surface area contributed by atoms with Crippen LogP contribution in [0, 0.1) is 20.8 Å². The quantitative estimate of drug-likeness (QED) is 0.931. The maximum absolute atomic E-state index is 12.1. The zero-order valence-corrected chi connectivity index (χ0v) is 11.9. The van der Waals surface area contributed by atoms with Gasteiger partial charge in [-0.05, 0) is 38.0 Å². The van der Waals surface area contributed by atoms with Crippen molar-refractivity contribution in [3.63, 3.8) is 0 Å². The zero-order valence-electron chi connectivity index (χ0n) is 11.9. The summed E-state index contributed by atoms with van der Waals surface area (Å²) in [6, 6.07) is 8.88. The highest BCUT2D eigenvalue weighted by atomic mass is 16.2. The van der Waals surface area contributed by atoms with E-state index in [-0.39, 0.29) is 18.0 Å². The number of anilines is 1. The van der Waals surface area contributed by atoms with E-state index in [4.69, 9.17) is 0 Å². The summed E-state index contributed by atoms with van der Waals surface area (Å²) in [7, 11) is 0. The number of nitrogens with one attached hydrogen (secondary N) is 1. The molecule has 0 saturated heterocycles. The summed E-state index contributed by atoms with van der Waals surface area (Å²) in [5.41, 5.74) is 3.86. The Morgan fingerprint density at radius 1 is 1.15 bits per heavy atom. The zero-order chi connectivity index (χ0) is 14.7. The van der Waals surface area contributed by atoms with E-state index < -0.39 is 0 Å². The number of aromatic nitrogens is 1. The first-order valence-corrected chi connectivity index (χ1v) is 6.50. The minimum absolute atomic E-state index is 0.0203. The van der Waals surface area contributed by atoms with Gasteiger partial charge in [-0.3, -0.25) is 9.59 Å². The summed E-state index contributed by atoms with van der Waals surface area (Å²) < 4.78 is 1.38. The van der Waals surface area contributed by atoms with Gasteiger partial charge >= 0.3 is 0 Å². The van der Waals surface area contributed by atoms with E-state index in [0.29, 0.717) is 0 Å². The number of nitrogens with zero attached hydrogens (tertiary/aromatic N) is 1. The molecule has 20 heavy (non-hydrogen) atoms. The van der Waals surface area contributed by atoms with Crippen LogP contribution in [0.3, 0.4) is 0 Å². The van der Waals surface area contributed by atoms with Crippen LogP contribution in [0.15, 0.2) is 41.3 Å². The minimum Gasteiger partial charge on any atom is -0.324 e. The Hall–Kier alpha value is -2.36. The van der Waals surface area contributed by atoms with E-state index in [1.807, 2.05) is 32.9 Å². The van der Waals surface area contributed by atoms with Crippen molar-refractivity contribution in [2.24, 2.45) is 0 Å². The molecule has 1 aromatic heterocycles. The molecule has 1 aromatic carbocycles. The predicted octanol–water partition coefficient (Wildman–Crippen LogP) is 2.41. The number of hydrogen-bond donors (Lipinski definition) is 1. The molecule has 4 heteroatoms. The summed E-state index contributed by atoms with van der Waals surface area (Å²) in [5.74, 6) is -0.201. The Bertz CT molecular complexity index is 679. The van der Waals surface area contributed by atoms with Gasteiger partial charge in [-0.25, -0.2) is 0 Å². The molecule has 2 rings (SSSR count). The second-order valence-corrected chi connectivity index (χ2v) is 4.99. The molecule has 104 valence electrons. The number of rotatable bonds is 3. The molecule has 0 radical (unpaired) electrons. The van der Waals surface area contributed by atoms with E-state index in [9.17, 15) is 9.59 Å². The topological polar surface area (TPSA) is 51.1 Å². The molecule has 0 aliphatic heterocycles. The predicted molar refractivity (Wildman–Crippen MR) is 80.0 cm³/mol. The first-order chi connectivity index (χ1) is 9.47. The second-order valence-electron chi connectivity index (χ2n) is 4.99. The number of benzene rings is 1. The van der Waals surface area contributed by atoms with Crippen LogP contribution >= 0.6 is 0 Å². The monoisotopic (exact) mass is 270 g/mol. The van der Waals surface area contributed by atoms with E-state index in [1.54, 1.807) is 18.3 Å². The van der Waals surface area contributed by atoms with Gasteiger partial charge in [0.05, 0.1) is 0 Å². The van der Waals surface area contributed by atoms with Crippen molar-refractivity contribution in [3.05, 3.63) is 63.6 Å². The van der Waals surface area contributed by atoms with Gasteiger partial charge in [0.15, 0.2) is 0 Å². The fraction of sp³-hybridized carbons (Fsp3) is 0.250. The maximum atomic E-state index is 12.1. The van der Waals surface area contributed by atoms with Gasteiger partial charge in [0.25, 0.3) is 5.56 Å². The number of aryl methyl sites for hydroxylation is 3. The average molecular weight is 270 g/mol. The molecule has 0 unspecified atom stereocenters. The molecule has 0 bridgehead atoms. The smallest absolute Gasteiger partial charge is 0.250 e. The molecule has 1 N–H and O–H groups in total. The summed E-state index contributed by atoms with van der Waals surface area (Å²) in [4.78, 5) is 23.6. The van der Waals surface area contributed by atoms with Crippen LogP contribution in [0.4, 0.5) is 5.69 Å². The highest BCUT2D eigenvalue weighted by Crippen LogP contribution is 2.21. The third-order valence-electron chi connectivity index (χ3n) is 3.15. The fourth-order valence-electron chi connectivity index (χ4n) is 2.30. The molecule has 4 nitrogen and oxygen atoms in total. The van der Waals surface area contributed by atoms with Gasteiger partial charge < -0.3 is 9.88 Å². The van der Waals surface area contributed by atoms with Crippen LogP contribution < -0.4 is 10.9 Å². The van der Waals surface area contributed by atoms with E-state index in [1.165, 1.54) is 10.6 Å². The Balaban J connectivity index is 2.17. The fourth-order valence-corrected chi connectivity index (χ4v) is 2.30. The first kappa shape index (κ1) is 14.1. The van der Waals surface area contributed by atoms with Gasteiger partial charge in [0.2, 0.25) is 5.91 Å². The number of hydrogen-bond acceptors (Lipinski definition) is 2. The highest BCUT2D eigenvalue weighted by Gasteiger charge is 2.09. The molecular weight excluding hydrogens is 252 g/mol. The number of amides is 1. The SMILES string of the molecule is Cc1cc(C)c(NC(=O)Cn2ccccc2=O)c(C)c1. The Morgan fingerprint density at radius 3 is 2.40 bits per heavy atom. The van der Waals surface area contributed by atoms with Crippen LogP contribution in [0.25, 0.3) is 0 Å². The normalized spacial score (nSPS) is 10.3. The van der Waals surface area contributed by atoms with Gasteiger partial charge in [-0.2, -0.15) is 0 Å². The summed E-state index contributed by atoms with van der Waals surface area (Å²) in [6.07, 6.45) is 1.61. The number of pyridine rings is 1. The van der Waals surface area contributed by atoms with Crippen molar-refractivity contribution in [1.29, 1.82) is 0 Å². The standard InChI is InChI=1S/C16H18N2O2/c1-11-8-12(2)16(13(3)9-11)17-14(19)10-18-7-5-4-6-15(18)20/h4-9H,10H2,1-3H3,(H,17,19). The summed E-state index contributed by atoms with van der Waals surface area (Å²) >= 11 is 0. The molecule has 2 aromatic rings. The van der Waals surface area contributed by atoms with Gasteiger partial charge in [0.1, 0.15) is 6.54 Å². The summed E-state index contributed by atoms with van der Waals surface area (Å²) in [6.45, 7) is 5.97. The molecule has 0 spiro atoms. The Labute approximate surface area is 118 Å². The van der Waals surface area contributed by atoms with E-state index in [2.05, 4.69) is 5.32 Å². The van der Waals surface area contributed by atoms with E-state index in [0.717, 1.165) is 22.4 Å². The van der Waals surface area contributed by atoms with Crippen molar-refractivity contribution < 1.29 is 4.79 Å². The highest BCUT2D eigenvalue weighted by molar-refractivity contribution is 5.92. The van der Waals surface area contributed by atoms with Crippen molar-refractivity contribution >= 4 is 11.6 Å². The Morgan fingerprint density at radius 2 is 1.80 bits per heavy atom. The second kappa shape index (κ2) is 5.74. The van der Waals surface area contributed by atoms with Gasteiger partial charge in [-0.15, -0.1) is 0 Å². The van der Waals surface area contributed by atoms with Gasteiger partial charge in [-0.1, -0.05) is 23.8 Å². The molecule has 1 heterocycles. The lowest BCUT2D eigenvalue weighted by Gasteiger charge is -2.13. The largest absolute Gasteiger partial charge is 0.324 e. The lowest BCUT2D eigenvalue weighted by molar-refractivity contribution is -0.116. The molecule has 0 saturated carbocycles. The van der Waals surface area contributed by atoms with Crippen LogP contribution in [-0.4, -0.2) is 10.5 Å². The van der Waals surface area contributed by atoms with Crippen LogP contribution in [0.1, 0.15) is 16.7 Å². The molecular formula is C16H18N2O2. The van der Waals surface area contributed by atoms with Gasteiger partial charge in [0, 0.05) is 18.0 Å². The van der Waals surface area contributed by atoms with Crippen LogP contribution in [0.2, 0.25) is 0 Å². The van der Waals surface area contributed by atoms with Crippen molar-refractivity contribution in [1.82, 2.24) is 4.57 Å². The summed E-state index contributed by atoms with van der Waals surface area (Å²) in [5, 5.41) is 2.88. The molecule has 0 aliphatic rings. The maximum Gasteiger partial charge on any atom is 0.250 e. The van der Waals surface area contributed by atoms with Crippen LogP contribution in [-0.2, 0) is 11.3 Å². The molecule has 0 fully saturated rings. The molecule has 0 atom stereocenters. The van der Waals surface area contributed by atoms with Crippen molar-refractivity contribution in [2.75, 3.05) is 5.32 Å². The number of carbonyl (C=O) groups is 1. The first-order valence-electron chi connectivity index (χ1n) is 6.50. The van der Waals surface area contributed by atoms with E-state index >= 15 is 0 Å². The van der Waals surface area contributed by atoms with Crippen LogP contribution in [0.5, 0.6) is 0 Å². The van der Waals surface area contributed by atoms with Crippen molar-refractivity contribution in [2.45, 2.75) is 27.3 Å². The number of carbonyl (C=O) groups excluding carboxylic acids is 1. The average Bonchev–Trinajstić information content (AvgIpc) is 2.36. The Kier molecular flexibility index (Phi) is 4.03.